The highest BCUT2D eigenvalue weighted by molar-refractivity contribution is 6.28. The van der Waals surface area contributed by atoms with E-state index in [0.29, 0.717) is 0 Å². The summed E-state index contributed by atoms with van der Waals surface area (Å²) in [5.74, 6) is 0. The summed E-state index contributed by atoms with van der Waals surface area (Å²) in [6, 6.07) is 3.93. The third kappa shape index (κ3) is 1.64. The summed E-state index contributed by atoms with van der Waals surface area (Å²) in [6.45, 7) is 0.820. The Morgan fingerprint density at radius 2 is 2.46 bits per heavy atom. The van der Waals surface area contributed by atoms with Crippen molar-refractivity contribution in [2.24, 2.45) is 0 Å². The predicted octanol–water partition coefficient (Wildman–Crippen LogP) is 1.10. The lowest BCUT2D eigenvalue weighted by Crippen LogP contribution is -2.05. The summed E-state index contributed by atoms with van der Waals surface area (Å²) in [5, 5.41) is 7.31. The van der Waals surface area contributed by atoms with E-state index < -0.39 is 0 Å². The van der Waals surface area contributed by atoms with Crippen LogP contribution in [0.4, 0.5) is 0 Å². The van der Waals surface area contributed by atoms with Crippen molar-refractivity contribution in [3.63, 3.8) is 0 Å². The molecule has 0 saturated carbocycles. The molecule has 4 nitrogen and oxygen atoms in total. The molecule has 0 amide bonds. The standard InChI is InChI=1S/C8H9ClN4/c1-10-5-6-2-3-13-7(4-6)11-8(9)12-13/h2-4,10H,5H2,1H3. The maximum atomic E-state index is 5.65. The molecule has 0 aliphatic heterocycles. The average Bonchev–Trinajstić information content (AvgIpc) is 2.44. The zero-order chi connectivity index (χ0) is 9.26. The zero-order valence-electron chi connectivity index (χ0n) is 7.16. The Bertz CT molecular complexity index is 423. The van der Waals surface area contributed by atoms with Crippen LogP contribution in [-0.2, 0) is 6.54 Å². The van der Waals surface area contributed by atoms with Crippen molar-refractivity contribution in [1.29, 1.82) is 0 Å². The van der Waals surface area contributed by atoms with Gasteiger partial charge in [0.1, 0.15) is 0 Å². The van der Waals surface area contributed by atoms with E-state index in [1.807, 2.05) is 25.4 Å². The number of rotatable bonds is 2. The Morgan fingerprint density at radius 3 is 3.23 bits per heavy atom. The van der Waals surface area contributed by atoms with Gasteiger partial charge < -0.3 is 5.32 Å². The summed E-state index contributed by atoms with van der Waals surface area (Å²) in [4.78, 5) is 4.05. The molecule has 0 aromatic carbocycles. The van der Waals surface area contributed by atoms with Crippen molar-refractivity contribution in [2.45, 2.75) is 6.54 Å². The molecule has 2 aromatic heterocycles. The van der Waals surface area contributed by atoms with Crippen LogP contribution in [0.3, 0.4) is 0 Å². The third-order valence-electron chi connectivity index (χ3n) is 1.76. The van der Waals surface area contributed by atoms with Crippen LogP contribution in [0.15, 0.2) is 18.3 Å². The molecule has 0 fully saturated rings. The Hall–Kier alpha value is -1.13. The monoisotopic (exact) mass is 196 g/mol. The van der Waals surface area contributed by atoms with Gasteiger partial charge in [0.05, 0.1) is 0 Å². The van der Waals surface area contributed by atoms with Gasteiger partial charge in [-0.1, -0.05) is 0 Å². The SMILES string of the molecule is CNCc1ccn2nc(Cl)nc2c1. The Balaban J connectivity index is 2.48. The molecule has 0 aliphatic rings. The molecule has 0 atom stereocenters. The summed E-state index contributed by atoms with van der Waals surface area (Å²) >= 11 is 5.65. The van der Waals surface area contributed by atoms with Crippen LogP contribution in [0.25, 0.3) is 5.65 Å². The van der Waals surface area contributed by atoms with E-state index in [-0.39, 0.29) is 5.28 Å². The molecule has 0 spiro atoms. The molecule has 0 unspecified atom stereocenters. The molecule has 13 heavy (non-hydrogen) atoms. The van der Waals surface area contributed by atoms with Gasteiger partial charge in [0.25, 0.3) is 0 Å². The average molecular weight is 197 g/mol. The molecule has 68 valence electrons. The number of hydrogen-bond acceptors (Lipinski definition) is 3. The van der Waals surface area contributed by atoms with Gasteiger partial charge >= 0.3 is 0 Å². The number of pyridine rings is 1. The number of fused-ring (bicyclic) bond motifs is 1. The molecule has 0 saturated heterocycles. The topological polar surface area (TPSA) is 42.2 Å². The summed E-state index contributed by atoms with van der Waals surface area (Å²) < 4.78 is 1.65. The first-order valence-corrected chi connectivity index (χ1v) is 4.33. The third-order valence-corrected chi connectivity index (χ3v) is 1.92. The number of nitrogens with zero attached hydrogens (tertiary/aromatic N) is 3. The van der Waals surface area contributed by atoms with Crippen LogP contribution in [0.2, 0.25) is 5.28 Å². The molecule has 2 aromatic rings. The minimum absolute atomic E-state index is 0.279. The van der Waals surface area contributed by atoms with Crippen LogP contribution < -0.4 is 5.32 Å². The van der Waals surface area contributed by atoms with Gasteiger partial charge in [-0.2, -0.15) is 4.98 Å². The molecular formula is C8H9ClN4. The fraction of sp³-hybridized carbons (Fsp3) is 0.250. The molecule has 0 aliphatic carbocycles. The van der Waals surface area contributed by atoms with Crippen molar-refractivity contribution in [2.75, 3.05) is 7.05 Å². The number of nitrogens with one attached hydrogen (secondary N) is 1. The largest absolute Gasteiger partial charge is 0.316 e. The smallest absolute Gasteiger partial charge is 0.243 e. The Morgan fingerprint density at radius 1 is 1.62 bits per heavy atom. The molecule has 2 rings (SSSR count). The second kappa shape index (κ2) is 3.32. The van der Waals surface area contributed by atoms with Gasteiger partial charge in [0.2, 0.25) is 5.28 Å². The van der Waals surface area contributed by atoms with Crippen molar-refractivity contribution < 1.29 is 0 Å². The van der Waals surface area contributed by atoms with E-state index in [0.717, 1.165) is 12.2 Å². The number of halogens is 1. The molecule has 5 heteroatoms. The quantitative estimate of drug-likeness (QED) is 0.782. The fourth-order valence-corrected chi connectivity index (χ4v) is 1.38. The van der Waals surface area contributed by atoms with Crippen LogP contribution in [-0.4, -0.2) is 21.6 Å². The van der Waals surface area contributed by atoms with E-state index in [4.69, 9.17) is 11.6 Å². The van der Waals surface area contributed by atoms with E-state index in [2.05, 4.69) is 15.4 Å². The molecule has 0 radical (unpaired) electrons. The van der Waals surface area contributed by atoms with Crippen LogP contribution >= 0.6 is 11.6 Å². The normalized spacial score (nSPS) is 10.9. The lowest BCUT2D eigenvalue weighted by atomic mass is 10.3. The maximum Gasteiger partial charge on any atom is 0.243 e. The van der Waals surface area contributed by atoms with Gasteiger partial charge in [-0.25, -0.2) is 4.52 Å². The molecule has 2 heterocycles. The first kappa shape index (κ1) is 8.47. The van der Waals surface area contributed by atoms with Crippen molar-refractivity contribution >= 4 is 17.2 Å². The number of aromatic nitrogens is 3. The summed E-state index contributed by atoms with van der Waals surface area (Å²) in [6.07, 6.45) is 1.85. The highest BCUT2D eigenvalue weighted by Gasteiger charge is 2.00. The first-order chi connectivity index (χ1) is 6.29. The van der Waals surface area contributed by atoms with Crippen molar-refractivity contribution in [3.05, 3.63) is 29.2 Å². The maximum absolute atomic E-state index is 5.65. The first-order valence-electron chi connectivity index (χ1n) is 3.95. The molecule has 0 bridgehead atoms. The fourth-order valence-electron chi connectivity index (χ4n) is 1.21. The number of hydrogen-bond donors (Lipinski definition) is 1. The lowest BCUT2D eigenvalue weighted by molar-refractivity contribution is 0.813. The Labute approximate surface area is 80.5 Å². The van der Waals surface area contributed by atoms with E-state index in [9.17, 15) is 0 Å². The zero-order valence-corrected chi connectivity index (χ0v) is 7.91. The predicted molar refractivity (Wildman–Crippen MR) is 50.8 cm³/mol. The van der Waals surface area contributed by atoms with Gasteiger partial charge in [-0.3, -0.25) is 0 Å². The summed E-state index contributed by atoms with van der Waals surface area (Å²) in [7, 11) is 1.90. The van der Waals surface area contributed by atoms with Gasteiger partial charge in [0.15, 0.2) is 5.65 Å². The van der Waals surface area contributed by atoms with Crippen LogP contribution in [0, 0.1) is 0 Å². The van der Waals surface area contributed by atoms with Crippen molar-refractivity contribution in [1.82, 2.24) is 19.9 Å². The Kier molecular flexibility index (Phi) is 2.16. The van der Waals surface area contributed by atoms with E-state index >= 15 is 0 Å². The summed E-state index contributed by atoms with van der Waals surface area (Å²) in [5.41, 5.74) is 1.94. The lowest BCUT2D eigenvalue weighted by Gasteiger charge is -1.98. The molecular weight excluding hydrogens is 188 g/mol. The minimum atomic E-state index is 0.279. The van der Waals surface area contributed by atoms with E-state index in [1.165, 1.54) is 5.56 Å². The van der Waals surface area contributed by atoms with Crippen LogP contribution in [0.1, 0.15) is 5.56 Å². The van der Waals surface area contributed by atoms with Gasteiger partial charge in [0, 0.05) is 12.7 Å². The minimum Gasteiger partial charge on any atom is -0.316 e. The second-order valence-electron chi connectivity index (χ2n) is 2.75. The second-order valence-corrected chi connectivity index (χ2v) is 3.09. The van der Waals surface area contributed by atoms with Gasteiger partial charge in [-0.15, -0.1) is 5.10 Å². The van der Waals surface area contributed by atoms with Crippen LogP contribution in [0.5, 0.6) is 0 Å². The molecule has 1 N–H and O–H groups in total. The van der Waals surface area contributed by atoms with E-state index in [1.54, 1.807) is 4.52 Å². The highest BCUT2D eigenvalue weighted by atomic mass is 35.5. The van der Waals surface area contributed by atoms with Crippen molar-refractivity contribution in [3.8, 4) is 0 Å². The highest BCUT2D eigenvalue weighted by Crippen LogP contribution is 2.07. The van der Waals surface area contributed by atoms with Gasteiger partial charge in [-0.05, 0) is 36.3 Å².